The van der Waals surface area contributed by atoms with E-state index in [0.717, 1.165) is 21.1 Å². The van der Waals surface area contributed by atoms with Gasteiger partial charge in [-0.2, -0.15) is 0 Å². The topological polar surface area (TPSA) is 55.2 Å². The maximum absolute atomic E-state index is 10.6. The van der Waals surface area contributed by atoms with Gasteiger partial charge in [0.1, 0.15) is 0 Å². The number of hydrogen-bond donors (Lipinski definition) is 1. The van der Waals surface area contributed by atoms with E-state index in [2.05, 4.69) is 37.2 Å². The van der Waals surface area contributed by atoms with Crippen molar-refractivity contribution in [3.05, 3.63) is 72.7 Å². The zero-order chi connectivity index (χ0) is 14.5. The molecule has 0 aromatic heterocycles. The van der Waals surface area contributed by atoms with Gasteiger partial charge in [-0.05, 0) is 55.1 Å². The Bertz CT molecular complexity index is 615. The zero-order valence-corrected chi connectivity index (χ0v) is 13.6. The molecule has 0 fully saturated rings. The molecule has 20 heavy (non-hydrogen) atoms. The van der Waals surface area contributed by atoms with E-state index in [9.17, 15) is 10.1 Å². The lowest BCUT2D eigenvalue weighted by Crippen LogP contribution is -2.12. The van der Waals surface area contributed by atoms with Gasteiger partial charge in [0.25, 0.3) is 5.69 Å². The normalized spacial score (nSPS) is 10.5. The van der Waals surface area contributed by atoms with Crippen molar-refractivity contribution in [2.45, 2.75) is 13.1 Å². The summed E-state index contributed by atoms with van der Waals surface area (Å²) in [6, 6.07) is 12.7. The Balaban J connectivity index is 1.89. The molecule has 2 aromatic rings. The second-order valence-corrected chi connectivity index (χ2v) is 5.98. The molecule has 0 unspecified atom stereocenters. The lowest BCUT2D eigenvalue weighted by Gasteiger charge is -2.06. The molecule has 0 spiro atoms. The number of nitro benzene ring substituents is 1. The molecule has 2 aromatic carbocycles. The first-order valence-corrected chi connectivity index (χ1v) is 7.53. The molecule has 0 atom stereocenters. The quantitative estimate of drug-likeness (QED) is 0.598. The molecule has 0 heterocycles. The highest BCUT2D eigenvalue weighted by atomic mass is 79.9. The Labute approximate surface area is 133 Å². The van der Waals surface area contributed by atoms with Crippen LogP contribution in [0.2, 0.25) is 0 Å². The number of nitro groups is 1. The fraction of sp³-hybridized carbons (Fsp3) is 0.143. The van der Waals surface area contributed by atoms with E-state index in [-0.39, 0.29) is 5.69 Å². The maximum atomic E-state index is 10.6. The van der Waals surface area contributed by atoms with Gasteiger partial charge in [0.05, 0.1) is 4.92 Å². The molecule has 0 saturated carbocycles. The molecule has 0 aliphatic carbocycles. The predicted molar refractivity (Wildman–Crippen MR) is 85.5 cm³/mol. The Morgan fingerprint density at radius 3 is 2.15 bits per heavy atom. The van der Waals surface area contributed by atoms with E-state index < -0.39 is 4.92 Å². The van der Waals surface area contributed by atoms with Crippen LogP contribution in [-0.2, 0) is 13.1 Å². The van der Waals surface area contributed by atoms with Crippen LogP contribution in [0, 0.1) is 10.1 Å². The van der Waals surface area contributed by atoms with Gasteiger partial charge in [0.15, 0.2) is 0 Å². The number of nitrogens with zero attached hydrogens (tertiary/aromatic N) is 1. The molecule has 0 amide bonds. The molecular weight excluding hydrogens is 388 g/mol. The monoisotopic (exact) mass is 398 g/mol. The summed E-state index contributed by atoms with van der Waals surface area (Å²) in [6.45, 7) is 1.41. The predicted octanol–water partition coefficient (Wildman–Crippen LogP) is 4.41. The fourth-order valence-electron chi connectivity index (χ4n) is 1.74. The molecule has 6 heteroatoms. The Morgan fingerprint density at radius 2 is 1.55 bits per heavy atom. The zero-order valence-electron chi connectivity index (χ0n) is 10.5. The lowest BCUT2D eigenvalue weighted by molar-refractivity contribution is -0.384. The minimum atomic E-state index is -0.392. The van der Waals surface area contributed by atoms with Crippen LogP contribution in [-0.4, -0.2) is 4.92 Å². The smallest absolute Gasteiger partial charge is 0.269 e. The second-order valence-electron chi connectivity index (χ2n) is 4.28. The van der Waals surface area contributed by atoms with Gasteiger partial charge < -0.3 is 5.32 Å². The van der Waals surface area contributed by atoms with Crippen LogP contribution in [0.1, 0.15) is 11.1 Å². The number of hydrogen-bond acceptors (Lipinski definition) is 3. The van der Waals surface area contributed by atoms with Gasteiger partial charge in [-0.25, -0.2) is 0 Å². The van der Waals surface area contributed by atoms with Gasteiger partial charge >= 0.3 is 0 Å². The van der Waals surface area contributed by atoms with Crippen LogP contribution < -0.4 is 5.32 Å². The summed E-state index contributed by atoms with van der Waals surface area (Å²) in [6.07, 6.45) is 0. The fourth-order valence-corrected chi connectivity index (χ4v) is 2.41. The van der Waals surface area contributed by atoms with Crippen LogP contribution in [0.25, 0.3) is 0 Å². The van der Waals surface area contributed by atoms with Gasteiger partial charge in [-0.15, -0.1) is 0 Å². The van der Waals surface area contributed by atoms with E-state index >= 15 is 0 Å². The maximum Gasteiger partial charge on any atom is 0.269 e. The van der Waals surface area contributed by atoms with E-state index in [0.29, 0.717) is 6.54 Å². The average molecular weight is 400 g/mol. The minimum absolute atomic E-state index is 0.116. The van der Waals surface area contributed by atoms with Crippen LogP contribution in [0.5, 0.6) is 0 Å². The highest BCUT2D eigenvalue weighted by Gasteiger charge is 2.04. The van der Waals surface area contributed by atoms with Crippen molar-refractivity contribution in [1.82, 2.24) is 5.32 Å². The Morgan fingerprint density at radius 1 is 0.950 bits per heavy atom. The van der Waals surface area contributed by atoms with Crippen LogP contribution >= 0.6 is 31.9 Å². The van der Waals surface area contributed by atoms with E-state index in [1.165, 1.54) is 17.7 Å². The van der Waals surface area contributed by atoms with Crippen molar-refractivity contribution >= 4 is 37.5 Å². The largest absolute Gasteiger partial charge is 0.309 e. The molecule has 0 radical (unpaired) electrons. The number of non-ortho nitro benzene ring substituents is 1. The number of benzene rings is 2. The second kappa shape index (κ2) is 6.97. The van der Waals surface area contributed by atoms with E-state index in [1.807, 2.05) is 18.2 Å². The van der Waals surface area contributed by atoms with Crippen molar-refractivity contribution in [1.29, 1.82) is 0 Å². The molecule has 0 saturated heterocycles. The SMILES string of the molecule is O=[N+]([O-])c1ccc(CNCc2ccc(Br)c(Br)c2)cc1. The van der Waals surface area contributed by atoms with Gasteiger partial charge in [-0.3, -0.25) is 10.1 Å². The first kappa shape index (κ1) is 15.2. The van der Waals surface area contributed by atoms with E-state index in [4.69, 9.17) is 0 Å². The summed E-state index contributed by atoms with van der Waals surface area (Å²) in [4.78, 5) is 10.2. The third-order valence-electron chi connectivity index (χ3n) is 2.79. The van der Waals surface area contributed by atoms with Crippen molar-refractivity contribution in [2.24, 2.45) is 0 Å². The number of rotatable bonds is 5. The summed E-state index contributed by atoms with van der Waals surface area (Å²) < 4.78 is 2.05. The summed E-state index contributed by atoms with van der Waals surface area (Å²) in [7, 11) is 0. The standard InChI is InChI=1S/C14H12Br2N2O2/c15-13-6-3-11(7-14(13)16)9-17-8-10-1-4-12(5-2-10)18(19)20/h1-7,17H,8-9H2. The molecule has 2 rings (SSSR count). The summed E-state index contributed by atoms with van der Waals surface area (Å²) in [5.74, 6) is 0. The van der Waals surface area contributed by atoms with Crippen LogP contribution in [0.3, 0.4) is 0 Å². The van der Waals surface area contributed by atoms with Crippen LogP contribution in [0.15, 0.2) is 51.4 Å². The summed E-state index contributed by atoms with van der Waals surface area (Å²) >= 11 is 6.90. The molecular formula is C14H12Br2N2O2. The molecule has 104 valence electrons. The minimum Gasteiger partial charge on any atom is -0.309 e. The van der Waals surface area contributed by atoms with Crippen molar-refractivity contribution in [3.8, 4) is 0 Å². The summed E-state index contributed by atoms with van der Waals surface area (Å²) in [5.41, 5.74) is 2.30. The van der Waals surface area contributed by atoms with E-state index in [1.54, 1.807) is 12.1 Å². The highest BCUT2D eigenvalue weighted by Crippen LogP contribution is 2.23. The van der Waals surface area contributed by atoms with Crippen molar-refractivity contribution < 1.29 is 4.92 Å². The van der Waals surface area contributed by atoms with Crippen LogP contribution in [0.4, 0.5) is 5.69 Å². The third-order valence-corrected chi connectivity index (χ3v) is 4.67. The molecule has 0 aliphatic rings. The molecule has 0 bridgehead atoms. The Kier molecular flexibility index (Phi) is 5.28. The molecule has 4 nitrogen and oxygen atoms in total. The van der Waals surface area contributed by atoms with Gasteiger partial charge in [-0.1, -0.05) is 18.2 Å². The first-order chi connectivity index (χ1) is 9.56. The summed E-state index contributed by atoms with van der Waals surface area (Å²) in [5, 5.41) is 13.9. The molecule has 1 N–H and O–H groups in total. The van der Waals surface area contributed by atoms with Gasteiger partial charge in [0.2, 0.25) is 0 Å². The van der Waals surface area contributed by atoms with Gasteiger partial charge in [0, 0.05) is 34.2 Å². The Hall–Kier alpha value is -1.24. The molecule has 0 aliphatic heterocycles. The highest BCUT2D eigenvalue weighted by molar-refractivity contribution is 9.13. The lowest BCUT2D eigenvalue weighted by atomic mass is 10.2. The van der Waals surface area contributed by atoms with Crippen molar-refractivity contribution in [3.63, 3.8) is 0 Å². The first-order valence-electron chi connectivity index (χ1n) is 5.94. The third kappa shape index (κ3) is 4.13. The average Bonchev–Trinajstić information content (AvgIpc) is 2.43. The van der Waals surface area contributed by atoms with Crippen molar-refractivity contribution in [2.75, 3.05) is 0 Å². The number of nitrogens with one attached hydrogen (secondary N) is 1. The number of halogens is 2.